The molecule has 0 saturated carbocycles. The van der Waals surface area contributed by atoms with Crippen molar-refractivity contribution in [2.75, 3.05) is 6.61 Å². The van der Waals surface area contributed by atoms with Crippen molar-refractivity contribution in [3.63, 3.8) is 0 Å². The fraction of sp³-hybridized carbons (Fsp3) is 0.111. The number of phenolic OH excluding ortho intramolecular Hbond substituents is 1. The van der Waals surface area contributed by atoms with Gasteiger partial charge in [0.2, 0.25) is 0 Å². The van der Waals surface area contributed by atoms with Crippen LogP contribution in [0.3, 0.4) is 0 Å². The second-order valence-corrected chi connectivity index (χ2v) is 6.09. The third kappa shape index (κ3) is 4.39. The number of carbonyl (C=O) groups excluding carboxylic acids is 1. The molecule has 0 bridgehead atoms. The zero-order valence-electron chi connectivity index (χ0n) is 12.9. The highest BCUT2D eigenvalue weighted by molar-refractivity contribution is 9.10. The Morgan fingerprint density at radius 1 is 1.16 bits per heavy atom. The van der Waals surface area contributed by atoms with Crippen molar-refractivity contribution in [3.05, 3.63) is 69.0 Å². The molecular formula is C18H13BrO6. The van der Waals surface area contributed by atoms with Gasteiger partial charge in [-0.15, -0.1) is 0 Å². The molecule has 0 fully saturated rings. The lowest BCUT2D eigenvalue weighted by atomic mass is 10.1. The van der Waals surface area contributed by atoms with Gasteiger partial charge in [0, 0.05) is 27.6 Å². The van der Waals surface area contributed by atoms with E-state index >= 15 is 0 Å². The van der Waals surface area contributed by atoms with Crippen LogP contribution in [-0.2, 0) is 16.1 Å². The molecule has 2 aromatic carbocycles. The third-order valence-corrected chi connectivity index (χ3v) is 3.85. The van der Waals surface area contributed by atoms with Gasteiger partial charge >= 0.3 is 11.6 Å². The van der Waals surface area contributed by atoms with Crippen LogP contribution >= 0.6 is 15.9 Å². The van der Waals surface area contributed by atoms with E-state index in [1.807, 2.05) is 6.07 Å². The van der Waals surface area contributed by atoms with Crippen molar-refractivity contribution < 1.29 is 23.8 Å². The Kier molecular flexibility index (Phi) is 5.04. The molecule has 0 aliphatic carbocycles. The van der Waals surface area contributed by atoms with Gasteiger partial charge < -0.3 is 19.0 Å². The zero-order chi connectivity index (χ0) is 17.8. The second kappa shape index (κ2) is 7.40. The normalized spacial score (nSPS) is 10.6. The standard InChI is InChI=1S/C18H13BrO6/c19-12-2-1-3-14(7-12)23-10-18(22)24-9-11-6-17(21)25-16-8-13(20)4-5-15(11)16/h1-8,20H,9-10H2. The van der Waals surface area contributed by atoms with Crippen LogP contribution in [0.15, 0.2) is 62.2 Å². The Morgan fingerprint density at radius 3 is 2.80 bits per heavy atom. The maximum atomic E-state index is 11.8. The topological polar surface area (TPSA) is 86.0 Å². The van der Waals surface area contributed by atoms with Crippen molar-refractivity contribution in [2.24, 2.45) is 0 Å². The molecule has 0 atom stereocenters. The summed E-state index contributed by atoms with van der Waals surface area (Å²) in [5.74, 6) is -0.0556. The van der Waals surface area contributed by atoms with Gasteiger partial charge in [-0.25, -0.2) is 9.59 Å². The minimum absolute atomic E-state index is 0.0211. The lowest BCUT2D eigenvalue weighted by molar-refractivity contribution is -0.147. The first kappa shape index (κ1) is 17.0. The number of halogens is 1. The Labute approximate surface area is 150 Å². The van der Waals surface area contributed by atoms with Gasteiger partial charge in [0.25, 0.3) is 0 Å². The summed E-state index contributed by atoms with van der Waals surface area (Å²) in [6.45, 7) is -0.357. The van der Waals surface area contributed by atoms with E-state index in [9.17, 15) is 14.7 Å². The molecule has 128 valence electrons. The molecule has 0 amide bonds. The summed E-state index contributed by atoms with van der Waals surface area (Å²) in [5.41, 5.74) is 0.125. The Morgan fingerprint density at radius 2 is 2.00 bits per heavy atom. The summed E-state index contributed by atoms with van der Waals surface area (Å²) in [6.07, 6.45) is 0. The number of carbonyl (C=O) groups is 1. The Bertz CT molecular complexity index is 979. The summed E-state index contributed by atoms with van der Waals surface area (Å²) in [6, 6.07) is 12.7. The molecule has 3 rings (SSSR count). The molecule has 0 unspecified atom stereocenters. The molecule has 0 radical (unpaired) electrons. The van der Waals surface area contributed by atoms with E-state index in [0.29, 0.717) is 16.7 Å². The molecule has 0 spiro atoms. The fourth-order valence-electron chi connectivity index (χ4n) is 2.24. The van der Waals surface area contributed by atoms with Gasteiger partial charge in [0.1, 0.15) is 23.7 Å². The maximum absolute atomic E-state index is 11.8. The lowest BCUT2D eigenvalue weighted by Crippen LogP contribution is -2.15. The molecular weight excluding hydrogens is 392 g/mol. The molecule has 6 nitrogen and oxygen atoms in total. The van der Waals surface area contributed by atoms with Crippen molar-refractivity contribution in [2.45, 2.75) is 6.61 Å². The second-order valence-electron chi connectivity index (χ2n) is 5.18. The number of aromatic hydroxyl groups is 1. The average molecular weight is 405 g/mol. The highest BCUT2D eigenvalue weighted by atomic mass is 79.9. The number of hydrogen-bond acceptors (Lipinski definition) is 6. The Balaban J connectivity index is 1.66. The highest BCUT2D eigenvalue weighted by Gasteiger charge is 2.10. The summed E-state index contributed by atoms with van der Waals surface area (Å²) < 4.78 is 16.4. The molecule has 1 heterocycles. The molecule has 7 heteroatoms. The van der Waals surface area contributed by atoms with Gasteiger partial charge in [-0.1, -0.05) is 22.0 Å². The lowest BCUT2D eigenvalue weighted by Gasteiger charge is -2.09. The molecule has 0 aliphatic heterocycles. The van der Waals surface area contributed by atoms with Crippen molar-refractivity contribution in [1.29, 1.82) is 0 Å². The fourth-order valence-corrected chi connectivity index (χ4v) is 2.62. The van der Waals surface area contributed by atoms with E-state index in [1.165, 1.54) is 18.2 Å². The van der Waals surface area contributed by atoms with E-state index < -0.39 is 11.6 Å². The number of esters is 1. The number of ether oxygens (including phenoxy) is 2. The molecule has 1 N–H and O–H groups in total. The summed E-state index contributed by atoms with van der Waals surface area (Å²) in [4.78, 5) is 23.4. The first-order valence-corrected chi connectivity index (χ1v) is 8.10. The number of rotatable bonds is 5. The van der Waals surface area contributed by atoms with Gasteiger partial charge in [0.05, 0.1) is 0 Å². The molecule has 3 aromatic rings. The van der Waals surface area contributed by atoms with E-state index in [1.54, 1.807) is 24.3 Å². The van der Waals surface area contributed by atoms with E-state index in [0.717, 1.165) is 4.47 Å². The van der Waals surface area contributed by atoms with Crippen LogP contribution in [-0.4, -0.2) is 17.7 Å². The average Bonchev–Trinajstić information content (AvgIpc) is 2.57. The van der Waals surface area contributed by atoms with E-state index in [-0.39, 0.29) is 24.5 Å². The van der Waals surface area contributed by atoms with Gasteiger partial charge in [0.15, 0.2) is 6.61 Å². The van der Waals surface area contributed by atoms with E-state index in [4.69, 9.17) is 13.9 Å². The first-order valence-electron chi connectivity index (χ1n) is 7.31. The summed E-state index contributed by atoms with van der Waals surface area (Å²) >= 11 is 3.31. The number of benzene rings is 2. The summed E-state index contributed by atoms with van der Waals surface area (Å²) in [5, 5.41) is 10.0. The minimum atomic E-state index is -0.588. The van der Waals surface area contributed by atoms with Gasteiger partial charge in [-0.05, 0) is 30.3 Å². The zero-order valence-corrected chi connectivity index (χ0v) is 14.5. The maximum Gasteiger partial charge on any atom is 0.344 e. The quantitative estimate of drug-likeness (QED) is 0.518. The third-order valence-electron chi connectivity index (χ3n) is 3.36. The van der Waals surface area contributed by atoms with Crippen LogP contribution in [0.1, 0.15) is 5.56 Å². The molecule has 0 saturated heterocycles. The van der Waals surface area contributed by atoms with Crippen molar-refractivity contribution in [3.8, 4) is 11.5 Å². The van der Waals surface area contributed by atoms with Crippen LogP contribution in [0.4, 0.5) is 0 Å². The van der Waals surface area contributed by atoms with Gasteiger partial charge in [-0.2, -0.15) is 0 Å². The number of phenols is 1. The van der Waals surface area contributed by atoms with Crippen LogP contribution in [0.25, 0.3) is 11.0 Å². The molecule has 0 aliphatic rings. The predicted octanol–water partition coefficient (Wildman–Crippen LogP) is 3.38. The Hall–Kier alpha value is -2.80. The summed E-state index contributed by atoms with van der Waals surface area (Å²) in [7, 11) is 0. The van der Waals surface area contributed by atoms with Crippen molar-refractivity contribution in [1.82, 2.24) is 0 Å². The number of hydrogen-bond donors (Lipinski definition) is 1. The molecule has 25 heavy (non-hydrogen) atoms. The largest absolute Gasteiger partial charge is 0.508 e. The van der Waals surface area contributed by atoms with E-state index in [2.05, 4.69) is 15.9 Å². The van der Waals surface area contributed by atoms with Gasteiger partial charge in [-0.3, -0.25) is 0 Å². The minimum Gasteiger partial charge on any atom is -0.508 e. The van der Waals surface area contributed by atoms with Crippen LogP contribution in [0.2, 0.25) is 0 Å². The predicted molar refractivity (Wildman–Crippen MR) is 93.6 cm³/mol. The van der Waals surface area contributed by atoms with Crippen molar-refractivity contribution >= 4 is 32.9 Å². The first-order chi connectivity index (χ1) is 12.0. The monoisotopic (exact) mass is 404 g/mol. The smallest absolute Gasteiger partial charge is 0.344 e. The SMILES string of the molecule is O=C(COc1cccc(Br)c1)OCc1cc(=O)oc2cc(O)ccc12. The highest BCUT2D eigenvalue weighted by Crippen LogP contribution is 2.22. The van der Waals surface area contributed by atoms with Crippen LogP contribution < -0.4 is 10.4 Å². The van der Waals surface area contributed by atoms with Crippen LogP contribution in [0.5, 0.6) is 11.5 Å². The number of fused-ring (bicyclic) bond motifs is 1. The van der Waals surface area contributed by atoms with Crippen LogP contribution in [0, 0.1) is 0 Å². The molecule has 1 aromatic heterocycles.